The SMILES string of the molecule is CCCNCC(C)(Cc1cn(C)nn1)C(C)C. The first-order valence-electron chi connectivity index (χ1n) is 6.54. The molecular formula is C13H26N4. The maximum absolute atomic E-state index is 4.20. The maximum atomic E-state index is 4.20. The van der Waals surface area contributed by atoms with Crippen LogP contribution in [-0.2, 0) is 13.5 Å². The lowest BCUT2D eigenvalue weighted by Gasteiger charge is -2.33. The van der Waals surface area contributed by atoms with E-state index in [-0.39, 0.29) is 5.41 Å². The molecule has 0 radical (unpaired) electrons. The van der Waals surface area contributed by atoms with Crippen LogP contribution < -0.4 is 5.32 Å². The highest BCUT2D eigenvalue weighted by atomic mass is 15.4. The summed E-state index contributed by atoms with van der Waals surface area (Å²) >= 11 is 0. The van der Waals surface area contributed by atoms with Crippen LogP contribution in [-0.4, -0.2) is 28.1 Å². The highest BCUT2D eigenvalue weighted by Crippen LogP contribution is 2.29. The highest BCUT2D eigenvalue weighted by molar-refractivity contribution is 4.99. The van der Waals surface area contributed by atoms with Gasteiger partial charge in [0.15, 0.2) is 0 Å². The number of aromatic nitrogens is 3. The van der Waals surface area contributed by atoms with Crippen molar-refractivity contribution in [3.63, 3.8) is 0 Å². The van der Waals surface area contributed by atoms with Gasteiger partial charge in [-0.3, -0.25) is 4.68 Å². The lowest BCUT2D eigenvalue weighted by Crippen LogP contribution is -2.38. The van der Waals surface area contributed by atoms with Crippen molar-refractivity contribution >= 4 is 0 Å². The van der Waals surface area contributed by atoms with Crippen LogP contribution in [0.25, 0.3) is 0 Å². The fourth-order valence-corrected chi connectivity index (χ4v) is 1.91. The number of hydrogen-bond acceptors (Lipinski definition) is 3. The molecular weight excluding hydrogens is 212 g/mol. The Labute approximate surface area is 105 Å². The van der Waals surface area contributed by atoms with Crippen molar-refractivity contribution in [3.05, 3.63) is 11.9 Å². The van der Waals surface area contributed by atoms with Gasteiger partial charge in [-0.2, -0.15) is 0 Å². The van der Waals surface area contributed by atoms with E-state index in [0.29, 0.717) is 5.92 Å². The number of hydrogen-bond donors (Lipinski definition) is 1. The van der Waals surface area contributed by atoms with Crippen molar-refractivity contribution in [1.82, 2.24) is 20.3 Å². The van der Waals surface area contributed by atoms with Crippen molar-refractivity contribution in [2.24, 2.45) is 18.4 Å². The molecule has 1 N–H and O–H groups in total. The molecule has 0 aromatic carbocycles. The summed E-state index contributed by atoms with van der Waals surface area (Å²) in [6.07, 6.45) is 4.18. The molecule has 1 atom stereocenters. The molecule has 0 amide bonds. The standard InChI is InChI=1S/C13H26N4/c1-6-7-14-10-13(4,11(2)3)8-12-9-17(5)16-15-12/h9,11,14H,6-8,10H2,1-5H3. The van der Waals surface area contributed by atoms with Gasteiger partial charge >= 0.3 is 0 Å². The zero-order valence-electron chi connectivity index (χ0n) is 11.8. The highest BCUT2D eigenvalue weighted by Gasteiger charge is 2.29. The first-order valence-corrected chi connectivity index (χ1v) is 6.54. The number of nitrogens with zero attached hydrogens (tertiary/aromatic N) is 3. The van der Waals surface area contributed by atoms with Crippen molar-refractivity contribution in [3.8, 4) is 0 Å². The minimum Gasteiger partial charge on any atom is -0.316 e. The molecule has 1 aromatic rings. The normalized spacial score (nSPS) is 15.2. The van der Waals surface area contributed by atoms with Crippen LogP contribution in [0.3, 0.4) is 0 Å². The predicted octanol–water partition coefficient (Wildman–Crippen LogP) is 2.02. The summed E-state index contributed by atoms with van der Waals surface area (Å²) in [7, 11) is 1.92. The van der Waals surface area contributed by atoms with Crippen LogP contribution in [0.5, 0.6) is 0 Å². The lowest BCUT2D eigenvalue weighted by atomic mass is 9.75. The third-order valence-corrected chi connectivity index (χ3v) is 3.58. The zero-order valence-corrected chi connectivity index (χ0v) is 11.8. The maximum Gasteiger partial charge on any atom is 0.0833 e. The van der Waals surface area contributed by atoms with Crippen molar-refractivity contribution in [2.45, 2.75) is 40.5 Å². The molecule has 0 aliphatic heterocycles. The summed E-state index contributed by atoms with van der Waals surface area (Å²) in [6.45, 7) is 11.2. The minimum absolute atomic E-state index is 0.241. The second-order valence-corrected chi connectivity index (χ2v) is 5.55. The van der Waals surface area contributed by atoms with Crippen LogP contribution in [0, 0.1) is 11.3 Å². The summed E-state index contributed by atoms with van der Waals surface area (Å²) < 4.78 is 1.77. The van der Waals surface area contributed by atoms with Gasteiger partial charge in [-0.25, -0.2) is 0 Å². The Bertz CT molecular complexity index is 332. The first-order chi connectivity index (χ1) is 7.98. The third-order valence-electron chi connectivity index (χ3n) is 3.58. The van der Waals surface area contributed by atoms with E-state index < -0.39 is 0 Å². The topological polar surface area (TPSA) is 42.7 Å². The Balaban J connectivity index is 2.64. The summed E-state index contributed by atoms with van der Waals surface area (Å²) in [5, 5.41) is 11.7. The fraction of sp³-hybridized carbons (Fsp3) is 0.846. The van der Waals surface area contributed by atoms with Gasteiger partial charge in [-0.1, -0.05) is 32.9 Å². The lowest BCUT2D eigenvalue weighted by molar-refractivity contribution is 0.205. The largest absolute Gasteiger partial charge is 0.316 e. The van der Waals surface area contributed by atoms with Gasteiger partial charge in [0.05, 0.1) is 5.69 Å². The summed E-state index contributed by atoms with van der Waals surface area (Å²) in [5.74, 6) is 0.619. The molecule has 4 heteroatoms. The molecule has 0 saturated carbocycles. The fourth-order valence-electron chi connectivity index (χ4n) is 1.91. The van der Waals surface area contributed by atoms with Gasteiger partial charge in [0.2, 0.25) is 0 Å². The van der Waals surface area contributed by atoms with Gasteiger partial charge in [0, 0.05) is 19.8 Å². The van der Waals surface area contributed by atoms with Crippen molar-refractivity contribution < 1.29 is 0 Å². The van der Waals surface area contributed by atoms with Gasteiger partial charge in [0.1, 0.15) is 0 Å². The van der Waals surface area contributed by atoms with Crippen molar-refractivity contribution in [1.29, 1.82) is 0 Å². The number of rotatable bonds is 7. The van der Waals surface area contributed by atoms with E-state index >= 15 is 0 Å². The van der Waals surface area contributed by atoms with E-state index in [0.717, 1.165) is 25.2 Å². The Morgan fingerprint density at radius 3 is 2.65 bits per heavy atom. The predicted molar refractivity (Wildman–Crippen MR) is 70.8 cm³/mol. The Hall–Kier alpha value is -0.900. The monoisotopic (exact) mass is 238 g/mol. The van der Waals surface area contributed by atoms with Crippen LogP contribution in [0.1, 0.15) is 39.8 Å². The van der Waals surface area contributed by atoms with Crippen LogP contribution >= 0.6 is 0 Å². The molecule has 17 heavy (non-hydrogen) atoms. The Kier molecular flexibility index (Phi) is 5.12. The molecule has 1 heterocycles. The second-order valence-electron chi connectivity index (χ2n) is 5.55. The average molecular weight is 238 g/mol. The van der Waals surface area contributed by atoms with E-state index in [1.807, 2.05) is 13.2 Å². The molecule has 0 spiro atoms. The van der Waals surface area contributed by atoms with E-state index in [2.05, 4.69) is 43.3 Å². The molecule has 1 unspecified atom stereocenters. The molecule has 0 aliphatic carbocycles. The molecule has 0 bridgehead atoms. The van der Waals surface area contributed by atoms with E-state index in [4.69, 9.17) is 0 Å². The number of nitrogens with one attached hydrogen (secondary N) is 1. The summed E-state index contributed by atoms with van der Waals surface area (Å²) in [4.78, 5) is 0. The van der Waals surface area contributed by atoms with Gasteiger partial charge in [-0.15, -0.1) is 5.10 Å². The summed E-state index contributed by atoms with van der Waals surface area (Å²) in [5.41, 5.74) is 1.33. The number of aryl methyl sites for hydroxylation is 1. The zero-order chi connectivity index (χ0) is 12.9. The third kappa shape index (κ3) is 4.11. The summed E-state index contributed by atoms with van der Waals surface area (Å²) in [6, 6.07) is 0. The average Bonchev–Trinajstić information content (AvgIpc) is 2.64. The van der Waals surface area contributed by atoms with Crippen LogP contribution in [0.15, 0.2) is 6.20 Å². The second kappa shape index (κ2) is 6.15. The molecule has 0 saturated heterocycles. The van der Waals surface area contributed by atoms with E-state index in [1.54, 1.807) is 4.68 Å². The molecule has 1 aromatic heterocycles. The Morgan fingerprint density at radius 2 is 2.18 bits per heavy atom. The molecule has 4 nitrogen and oxygen atoms in total. The Morgan fingerprint density at radius 1 is 1.47 bits per heavy atom. The first kappa shape index (κ1) is 14.2. The van der Waals surface area contributed by atoms with E-state index in [1.165, 1.54) is 6.42 Å². The van der Waals surface area contributed by atoms with Crippen molar-refractivity contribution in [2.75, 3.05) is 13.1 Å². The van der Waals surface area contributed by atoms with Crippen LogP contribution in [0.4, 0.5) is 0 Å². The molecule has 98 valence electrons. The molecule has 0 aliphatic rings. The van der Waals surface area contributed by atoms with Gasteiger partial charge < -0.3 is 5.32 Å². The quantitative estimate of drug-likeness (QED) is 0.739. The molecule has 0 fully saturated rings. The van der Waals surface area contributed by atoms with Gasteiger partial charge in [-0.05, 0) is 30.7 Å². The van der Waals surface area contributed by atoms with Gasteiger partial charge in [0.25, 0.3) is 0 Å². The molecule has 1 rings (SSSR count). The minimum atomic E-state index is 0.241. The van der Waals surface area contributed by atoms with E-state index in [9.17, 15) is 0 Å². The van der Waals surface area contributed by atoms with Crippen LogP contribution in [0.2, 0.25) is 0 Å². The smallest absolute Gasteiger partial charge is 0.0833 e.